The van der Waals surface area contributed by atoms with Crippen LogP contribution in [0.3, 0.4) is 0 Å². The van der Waals surface area contributed by atoms with Gasteiger partial charge in [-0.15, -0.1) is 0 Å². The Balaban J connectivity index is 1.78. The maximum Gasteiger partial charge on any atom is 0.248 e. The molecule has 2 aromatic rings. The molecule has 3 heterocycles. The van der Waals surface area contributed by atoms with Crippen LogP contribution in [-0.4, -0.2) is 70.5 Å². The lowest BCUT2D eigenvalue weighted by Gasteiger charge is -2.35. The molecule has 0 N–H and O–H groups in total. The van der Waals surface area contributed by atoms with E-state index >= 15 is 0 Å². The monoisotopic (exact) mass is 344 g/mol. The van der Waals surface area contributed by atoms with Gasteiger partial charge in [-0.25, -0.2) is 14.6 Å². The van der Waals surface area contributed by atoms with Crippen LogP contribution in [0.1, 0.15) is 17.2 Å². The second-order valence-corrected chi connectivity index (χ2v) is 6.27. The summed E-state index contributed by atoms with van der Waals surface area (Å²) in [6.07, 6.45) is 0. The standard InChI is InChI=1S/C17H24N6O2/c1-12-9-13(2)23(20-12)16-10-15(18-14(3)19-16)21-5-7-22(8-6-21)17(24)11-25-4/h9-10H,5-8,11H2,1-4H3. The lowest BCUT2D eigenvalue weighted by molar-refractivity contribution is -0.135. The van der Waals surface area contributed by atoms with E-state index in [2.05, 4.69) is 20.0 Å². The topological polar surface area (TPSA) is 76.4 Å². The highest BCUT2D eigenvalue weighted by Crippen LogP contribution is 2.18. The van der Waals surface area contributed by atoms with Gasteiger partial charge in [-0.3, -0.25) is 4.79 Å². The van der Waals surface area contributed by atoms with Gasteiger partial charge in [0.2, 0.25) is 5.91 Å². The number of hydrogen-bond acceptors (Lipinski definition) is 6. The predicted molar refractivity (Wildman–Crippen MR) is 94.0 cm³/mol. The number of anilines is 1. The molecule has 1 fully saturated rings. The minimum atomic E-state index is 0.0318. The molecule has 3 rings (SSSR count). The highest BCUT2D eigenvalue weighted by molar-refractivity contribution is 5.77. The molecule has 0 aliphatic carbocycles. The third-order valence-electron chi connectivity index (χ3n) is 4.26. The lowest BCUT2D eigenvalue weighted by atomic mass is 10.3. The van der Waals surface area contributed by atoms with Gasteiger partial charge in [0, 0.05) is 45.0 Å². The van der Waals surface area contributed by atoms with E-state index in [-0.39, 0.29) is 12.5 Å². The van der Waals surface area contributed by atoms with Crippen molar-refractivity contribution in [2.45, 2.75) is 20.8 Å². The number of nitrogens with zero attached hydrogens (tertiary/aromatic N) is 6. The lowest BCUT2D eigenvalue weighted by Crippen LogP contribution is -2.50. The van der Waals surface area contributed by atoms with Crippen molar-refractivity contribution in [3.8, 4) is 5.82 Å². The fourth-order valence-electron chi connectivity index (χ4n) is 3.07. The first kappa shape index (κ1) is 17.3. The number of amides is 1. The van der Waals surface area contributed by atoms with Crippen LogP contribution in [0.2, 0.25) is 0 Å². The molecule has 25 heavy (non-hydrogen) atoms. The molecule has 0 unspecified atom stereocenters. The van der Waals surface area contributed by atoms with Gasteiger partial charge in [0.05, 0.1) is 5.69 Å². The number of piperazine rings is 1. The van der Waals surface area contributed by atoms with E-state index in [4.69, 9.17) is 4.74 Å². The maximum absolute atomic E-state index is 11.9. The molecule has 0 bridgehead atoms. The molecular formula is C17H24N6O2. The second kappa shape index (κ2) is 7.18. The highest BCUT2D eigenvalue weighted by atomic mass is 16.5. The van der Waals surface area contributed by atoms with Gasteiger partial charge in [0.1, 0.15) is 18.2 Å². The van der Waals surface area contributed by atoms with Crippen molar-refractivity contribution in [3.63, 3.8) is 0 Å². The molecule has 0 aromatic carbocycles. The molecule has 1 aliphatic rings. The van der Waals surface area contributed by atoms with Crippen molar-refractivity contribution in [1.29, 1.82) is 0 Å². The fraction of sp³-hybridized carbons (Fsp3) is 0.529. The van der Waals surface area contributed by atoms with Crippen LogP contribution in [0.4, 0.5) is 5.82 Å². The molecule has 0 radical (unpaired) electrons. The maximum atomic E-state index is 11.9. The zero-order valence-corrected chi connectivity index (χ0v) is 15.2. The minimum absolute atomic E-state index is 0.0318. The molecule has 1 amide bonds. The molecular weight excluding hydrogens is 320 g/mol. The molecule has 134 valence electrons. The normalized spacial score (nSPS) is 14.9. The van der Waals surface area contributed by atoms with Crippen molar-refractivity contribution in [3.05, 3.63) is 29.3 Å². The third-order valence-corrected chi connectivity index (χ3v) is 4.26. The molecule has 0 saturated carbocycles. The predicted octanol–water partition coefficient (Wildman–Crippen LogP) is 0.883. The van der Waals surface area contributed by atoms with E-state index in [0.29, 0.717) is 18.9 Å². The van der Waals surface area contributed by atoms with Crippen molar-refractivity contribution in [2.75, 3.05) is 44.8 Å². The first-order chi connectivity index (χ1) is 12.0. The van der Waals surface area contributed by atoms with Crippen molar-refractivity contribution >= 4 is 11.7 Å². The van der Waals surface area contributed by atoms with Crippen LogP contribution in [-0.2, 0) is 9.53 Å². The Hall–Kier alpha value is -2.48. The van der Waals surface area contributed by atoms with E-state index in [0.717, 1.165) is 36.1 Å². The fourth-order valence-corrected chi connectivity index (χ4v) is 3.07. The summed E-state index contributed by atoms with van der Waals surface area (Å²) < 4.78 is 6.77. The summed E-state index contributed by atoms with van der Waals surface area (Å²) >= 11 is 0. The molecule has 8 nitrogen and oxygen atoms in total. The summed E-state index contributed by atoms with van der Waals surface area (Å²) in [5, 5.41) is 4.50. The number of carbonyl (C=O) groups excluding carboxylic acids is 1. The van der Waals surface area contributed by atoms with Crippen LogP contribution in [0.25, 0.3) is 5.82 Å². The SMILES string of the molecule is COCC(=O)N1CCN(c2cc(-n3nc(C)cc3C)nc(C)n2)CC1. The van der Waals surface area contributed by atoms with Crippen molar-refractivity contribution in [2.24, 2.45) is 0 Å². The van der Waals surface area contributed by atoms with Crippen LogP contribution in [0.15, 0.2) is 12.1 Å². The number of hydrogen-bond donors (Lipinski definition) is 0. The molecule has 1 aliphatic heterocycles. The Labute approximate surface area is 147 Å². The van der Waals surface area contributed by atoms with Gasteiger partial charge in [0.25, 0.3) is 0 Å². The number of aromatic nitrogens is 4. The van der Waals surface area contributed by atoms with E-state index < -0.39 is 0 Å². The van der Waals surface area contributed by atoms with Gasteiger partial charge in [0.15, 0.2) is 5.82 Å². The van der Waals surface area contributed by atoms with Crippen LogP contribution in [0.5, 0.6) is 0 Å². The number of methoxy groups -OCH3 is 1. The Morgan fingerprint density at radius 1 is 1.08 bits per heavy atom. The Morgan fingerprint density at radius 2 is 1.76 bits per heavy atom. The third kappa shape index (κ3) is 3.79. The van der Waals surface area contributed by atoms with Crippen molar-refractivity contribution in [1.82, 2.24) is 24.6 Å². The number of ether oxygens (including phenoxy) is 1. The zero-order valence-electron chi connectivity index (χ0n) is 15.2. The van der Waals surface area contributed by atoms with Gasteiger partial charge in [-0.05, 0) is 26.8 Å². The van der Waals surface area contributed by atoms with E-state index in [1.54, 1.807) is 7.11 Å². The first-order valence-corrected chi connectivity index (χ1v) is 8.39. The van der Waals surface area contributed by atoms with E-state index in [1.807, 2.05) is 42.5 Å². The minimum Gasteiger partial charge on any atom is -0.375 e. The Bertz CT molecular complexity index is 764. The molecule has 0 spiro atoms. The largest absolute Gasteiger partial charge is 0.375 e. The van der Waals surface area contributed by atoms with Crippen LogP contribution < -0.4 is 4.90 Å². The molecule has 2 aromatic heterocycles. The molecule has 8 heteroatoms. The second-order valence-electron chi connectivity index (χ2n) is 6.27. The first-order valence-electron chi connectivity index (χ1n) is 8.39. The van der Waals surface area contributed by atoms with Gasteiger partial charge in [-0.1, -0.05) is 0 Å². The van der Waals surface area contributed by atoms with Gasteiger partial charge >= 0.3 is 0 Å². The zero-order chi connectivity index (χ0) is 18.0. The number of aryl methyl sites for hydroxylation is 3. The molecule has 0 atom stereocenters. The highest BCUT2D eigenvalue weighted by Gasteiger charge is 2.22. The average molecular weight is 344 g/mol. The van der Waals surface area contributed by atoms with E-state index in [9.17, 15) is 4.79 Å². The molecule has 1 saturated heterocycles. The van der Waals surface area contributed by atoms with Gasteiger partial charge < -0.3 is 14.5 Å². The van der Waals surface area contributed by atoms with Gasteiger partial charge in [-0.2, -0.15) is 5.10 Å². The quantitative estimate of drug-likeness (QED) is 0.820. The summed E-state index contributed by atoms with van der Waals surface area (Å²) in [5.74, 6) is 2.38. The summed E-state index contributed by atoms with van der Waals surface area (Å²) in [4.78, 5) is 25.0. The van der Waals surface area contributed by atoms with Crippen LogP contribution in [0, 0.1) is 20.8 Å². The summed E-state index contributed by atoms with van der Waals surface area (Å²) in [7, 11) is 1.54. The smallest absolute Gasteiger partial charge is 0.248 e. The number of carbonyl (C=O) groups is 1. The summed E-state index contributed by atoms with van der Waals surface area (Å²) in [6.45, 7) is 8.81. The van der Waals surface area contributed by atoms with Crippen LogP contribution >= 0.6 is 0 Å². The Morgan fingerprint density at radius 3 is 2.36 bits per heavy atom. The average Bonchev–Trinajstić information content (AvgIpc) is 2.93. The Kier molecular flexibility index (Phi) is 4.98. The number of rotatable bonds is 4. The van der Waals surface area contributed by atoms with E-state index in [1.165, 1.54) is 0 Å². The summed E-state index contributed by atoms with van der Waals surface area (Å²) in [5.41, 5.74) is 2.00. The van der Waals surface area contributed by atoms with Crippen molar-refractivity contribution < 1.29 is 9.53 Å². The summed E-state index contributed by atoms with van der Waals surface area (Å²) in [6, 6.07) is 3.98.